The highest BCUT2D eigenvalue weighted by Gasteiger charge is 2.47. The number of allylic oxidation sites excluding steroid dienone is 15. The second-order valence-electron chi connectivity index (χ2n) is 18.4. The lowest BCUT2D eigenvalue weighted by molar-refractivity contribution is -0.305. The molecule has 0 bridgehead atoms. The average molecular weight is 968 g/mol. The van der Waals surface area contributed by atoms with Crippen molar-refractivity contribution in [2.24, 2.45) is 0 Å². The second kappa shape index (κ2) is 45.7. The summed E-state index contributed by atoms with van der Waals surface area (Å²) in [5, 5.41) is 56.6. The fraction of sp³-hybridized carbons (Fsp3) is 0.690. The van der Waals surface area contributed by atoms with Crippen molar-refractivity contribution in [3.8, 4) is 0 Å². The van der Waals surface area contributed by atoms with Gasteiger partial charge in [-0.15, -0.1) is 0 Å². The number of hydrogen-bond acceptors (Lipinski definition) is 10. The van der Waals surface area contributed by atoms with Crippen molar-refractivity contribution in [1.82, 2.24) is 5.32 Å². The van der Waals surface area contributed by atoms with Gasteiger partial charge in [0.2, 0.25) is 5.91 Å². The molecule has 0 aromatic carbocycles. The topological polar surface area (TPSA) is 175 Å². The predicted octanol–water partition coefficient (Wildman–Crippen LogP) is 11.6. The first kappa shape index (κ1) is 63.6. The zero-order valence-electron chi connectivity index (χ0n) is 43.1. The van der Waals surface area contributed by atoms with Gasteiger partial charge in [0.05, 0.1) is 25.4 Å². The Morgan fingerprint density at radius 3 is 1.65 bits per heavy atom. The average Bonchev–Trinajstić information content (AvgIpc) is 3.34. The largest absolute Gasteiger partial charge is 0.454 e. The lowest BCUT2D eigenvalue weighted by Gasteiger charge is -2.41. The quantitative estimate of drug-likeness (QED) is 0.0149. The van der Waals surface area contributed by atoms with Crippen molar-refractivity contribution >= 4 is 11.9 Å². The third kappa shape index (κ3) is 34.5. The normalized spacial score (nSPS) is 20.6. The molecule has 11 heteroatoms. The summed E-state index contributed by atoms with van der Waals surface area (Å²) >= 11 is 0. The molecule has 1 fully saturated rings. The maximum absolute atomic E-state index is 13.3. The van der Waals surface area contributed by atoms with Crippen LogP contribution in [-0.2, 0) is 23.8 Å². The van der Waals surface area contributed by atoms with Crippen LogP contribution in [0.5, 0.6) is 0 Å². The molecular weight excluding hydrogens is 871 g/mol. The molecule has 1 aliphatic heterocycles. The molecule has 0 aromatic rings. The Morgan fingerprint density at radius 1 is 0.580 bits per heavy atom. The van der Waals surface area contributed by atoms with E-state index in [-0.39, 0.29) is 19.4 Å². The fourth-order valence-electron chi connectivity index (χ4n) is 7.78. The van der Waals surface area contributed by atoms with Crippen LogP contribution in [0.25, 0.3) is 0 Å². The van der Waals surface area contributed by atoms with Crippen LogP contribution in [-0.4, -0.2) is 99.6 Å². The van der Waals surface area contributed by atoms with Crippen LogP contribution in [0.15, 0.2) is 97.2 Å². The second-order valence-corrected chi connectivity index (χ2v) is 18.4. The van der Waals surface area contributed by atoms with Gasteiger partial charge in [0.15, 0.2) is 12.4 Å². The molecule has 8 atom stereocenters. The van der Waals surface area contributed by atoms with Crippen molar-refractivity contribution < 1.29 is 49.3 Å². The first-order chi connectivity index (χ1) is 33.7. The molecule has 69 heavy (non-hydrogen) atoms. The molecule has 11 nitrogen and oxygen atoms in total. The highest BCUT2D eigenvalue weighted by molar-refractivity contribution is 5.80. The van der Waals surface area contributed by atoms with Gasteiger partial charge in [-0.1, -0.05) is 221 Å². The van der Waals surface area contributed by atoms with Crippen molar-refractivity contribution in [3.05, 3.63) is 97.2 Å². The molecule has 0 spiro atoms. The summed E-state index contributed by atoms with van der Waals surface area (Å²) in [7, 11) is 0. The zero-order valence-corrected chi connectivity index (χ0v) is 43.1. The number of amides is 1. The molecule has 0 radical (unpaired) electrons. The van der Waals surface area contributed by atoms with E-state index in [1.807, 2.05) is 72.9 Å². The molecule has 0 saturated carbocycles. The van der Waals surface area contributed by atoms with Crippen molar-refractivity contribution in [2.45, 2.75) is 243 Å². The molecule has 1 heterocycles. The number of esters is 1. The summed E-state index contributed by atoms with van der Waals surface area (Å²) < 4.78 is 17.5. The van der Waals surface area contributed by atoms with Gasteiger partial charge < -0.3 is 45.1 Å². The first-order valence-corrected chi connectivity index (χ1v) is 27.1. The number of ether oxygens (including phenoxy) is 3. The standard InChI is InChI=1S/C58H97NO10/c1-4-7-10-13-16-19-22-24-25-26-28-31-33-36-39-42-45-51(62)57(66)59-49(50(61)44-41-38-35-32-30-27-23-20-17-14-11-8-5-2)48-67-58-56(55(65)54(64)52(47-60)68-58)69-53(63)46-43-40-37-34-29-21-18-15-12-9-6-3/h7,10,13,15-16,18-19,22,24-26,28,31,33,41,44,49-52,54-56,58,60-62,64-65H,4-6,8-9,11-12,14,17,20-21,23,27,29-30,32,34-40,42-43,45-48H2,1-3H3,(H,59,66)/b10-7-,16-13+,18-15-,22-19+,25-24-,28-26+,33-31+,44-41+. The van der Waals surface area contributed by atoms with Crippen LogP contribution >= 0.6 is 0 Å². The molecule has 8 unspecified atom stereocenters. The number of aliphatic hydroxyl groups excluding tert-OH is 5. The Balaban J connectivity index is 2.83. The van der Waals surface area contributed by atoms with E-state index in [2.05, 4.69) is 44.3 Å². The van der Waals surface area contributed by atoms with E-state index in [1.165, 1.54) is 64.2 Å². The van der Waals surface area contributed by atoms with E-state index >= 15 is 0 Å². The monoisotopic (exact) mass is 968 g/mol. The van der Waals surface area contributed by atoms with Crippen LogP contribution in [0, 0.1) is 0 Å². The Labute approximate surface area is 418 Å². The highest BCUT2D eigenvalue weighted by Crippen LogP contribution is 2.26. The fourth-order valence-corrected chi connectivity index (χ4v) is 7.78. The molecule has 1 amide bonds. The van der Waals surface area contributed by atoms with E-state index in [0.717, 1.165) is 83.5 Å². The molecule has 1 aliphatic rings. The van der Waals surface area contributed by atoms with Gasteiger partial charge in [0.25, 0.3) is 0 Å². The number of hydrogen-bond donors (Lipinski definition) is 6. The minimum Gasteiger partial charge on any atom is -0.454 e. The van der Waals surface area contributed by atoms with E-state index in [1.54, 1.807) is 6.08 Å². The van der Waals surface area contributed by atoms with Gasteiger partial charge in [-0.2, -0.15) is 0 Å². The minimum atomic E-state index is -1.63. The van der Waals surface area contributed by atoms with Crippen molar-refractivity contribution in [3.63, 3.8) is 0 Å². The number of nitrogens with one attached hydrogen (secondary N) is 1. The van der Waals surface area contributed by atoms with Gasteiger partial charge in [-0.25, -0.2) is 0 Å². The van der Waals surface area contributed by atoms with Crippen LogP contribution in [0.1, 0.15) is 194 Å². The Hall–Kier alpha value is -3.42. The molecule has 394 valence electrons. The lowest BCUT2D eigenvalue weighted by atomic mass is 9.99. The number of aliphatic hydroxyl groups is 5. The Morgan fingerprint density at radius 2 is 1.07 bits per heavy atom. The summed E-state index contributed by atoms with van der Waals surface area (Å²) in [4.78, 5) is 26.4. The van der Waals surface area contributed by atoms with Gasteiger partial charge in [0.1, 0.15) is 24.4 Å². The van der Waals surface area contributed by atoms with Gasteiger partial charge >= 0.3 is 5.97 Å². The van der Waals surface area contributed by atoms with E-state index in [4.69, 9.17) is 14.2 Å². The molecular formula is C58H97NO10. The Bertz CT molecular complexity index is 1480. The summed E-state index contributed by atoms with van der Waals surface area (Å²) in [5.74, 6) is -1.26. The highest BCUT2D eigenvalue weighted by atomic mass is 16.7. The van der Waals surface area contributed by atoms with Gasteiger partial charge in [0, 0.05) is 6.42 Å². The summed E-state index contributed by atoms with van der Waals surface area (Å²) in [5.41, 5.74) is 0. The smallest absolute Gasteiger partial charge is 0.306 e. The Kier molecular flexibility index (Phi) is 42.1. The molecule has 0 aromatic heterocycles. The van der Waals surface area contributed by atoms with Crippen molar-refractivity contribution in [1.29, 1.82) is 0 Å². The zero-order chi connectivity index (χ0) is 50.4. The first-order valence-electron chi connectivity index (χ1n) is 27.1. The third-order valence-electron chi connectivity index (χ3n) is 12.1. The molecule has 1 saturated heterocycles. The summed E-state index contributed by atoms with van der Waals surface area (Å²) in [6.07, 6.45) is 48.8. The maximum atomic E-state index is 13.3. The number of unbranched alkanes of at least 4 members (excludes halogenated alkanes) is 20. The van der Waals surface area contributed by atoms with E-state index in [9.17, 15) is 35.1 Å². The number of rotatable bonds is 43. The van der Waals surface area contributed by atoms with Crippen molar-refractivity contribution in [2.75, 3.05) is 13.2 Å². The molecule has 1 rings (SSSR count). The molecule has 0 aliphatic carbocycles. The number of carbonyl (C=O) groups excluding carboxylic acids is 2. The van der Waals surface area contributed by atoms with E-state index < -0.39 is 67.4 Å². The third-order valence-corrected chi connectivity index (χ3v) is 12.1. The van der Waals surface area contributed by atoms with Gasteiger partial charge in [-0.05, 0) is 64.2 Å². The van der Waals surface area contributed by atoms with Crippen LogP contribution < -0.4 is 5.32 Å². The summed E-state index contributed by atoms with van der Waals surface area (Å²) in [6.45, 7) is 5.53. The van der Waals surface area contributed by atoms with Crippen LogP contribution in [0.2, 0.25) is 0 Å². The summed E-state index contributed by atoms with van der Waals surface area (Å²) in [6, 6.07) is -1.05. The van der Waals surface area contributed by atoms with Gasteiger partial charge in [-0.3, -0.25) is 9.59 Å². The van der Waals surface area contributed by atoms with Crippen LogP contribution in [0.3, 0.4) is 0 Å². The number of carbonyl (C=O) groups is 2. The maximum Gasteiger partial charge on any atom is 0.306 e. The lowest BCUT2D eigenvalue weighted by Crippen LogP contribution is -2.61. The van der Waals surface area contributed by atoms with E-state index in [0.29, 0.717) is 12.8 Å². The van der Waals surface area contributed by atoms with Crippen LogP contribution in [0.4, 0.5) is 0 Å². The minimum absolute atomic E-state index is 0.102. The SMILES string of the molecule is CC\C=C/C=C/C=C/C=C\C=C\C=C\CCCCC(O)C(=O)NC(COC1OC(CO)C(O)C(O)C1OC(=O)CCCCCCC/C=C\CCCC)C(O)/C=C/CCCCCCCCCCCCC. The molecule has 6 N–H and O–H groups in total. The predicted molar refractivity (Wildman–Crippen MR) is 282 cm³/mol.